The Hall–Kier alpha value is -1.54. The second-order valence-electron chi connectivity index (χ2n) is 15.4. The van der Waals surface area contributed by atoms with Crippen LogP contribution in [0, 0.1) is 0 Å². The molecule has 0 rings (SSSR count). The molecule has 0 spiro atoms. The Bertz CT molecular complexity index is 989. The molecule has 310 valence electrons. The Balaban J connectivity index is 4.36. The van der Waals surface area contributed by atoms with Gasteiger partial charge in [0.2, 0.25) is 0 Å². The summed E-state index contributed by atoms with van der Waals surface area (Å²) in [6, 6.07) is 0. The lowest BCUT2D eigenvalue weighted by atomic mass is 10.0. The van der Waals surface area contributed by atoms with Crippen LogP contribution in [-0.2, 0) is 27.9 Å². The highest BCUT2D eigenvalue weighted by Gasteiger charge is 2.20. The number of likely N-dealkylation sites (N-methyl/N-ethyl adjacent to an activating group) is 1. The highest BCUT2D eigenvalue weighted by molar-refractivity contribution is 7.45. The van der Waals surface area contributed by atoms with Gasteiger partial charge in [0.1, 0.15) is 19.3 Å². The third-order valence-corrected chi connectivity index (χ3v) is 9.85. The lowest BCUT2D eigenvalue weighted by Gasteiger charge is -2.28. The number of quaternary nitrogens is 1. The molecule has 0 amide bonds. The smallest absolute Gasteiger partial charge is 0.306 e. The summed E-state index contributed by atoms with van der Waals surface area (Å²) in [5, 5.41) is 0. The second-order valence-corrected chi connectivity index (χ2v) is 16.8. The highest BCUT2D eigenvalue weighted by Crippen LogP contribution is 2.38. The van der Waals surface area contributed by atoms with E-state index in [0.717, 1.165) is 38.5 Å². The van der Waals surface area contributed by atoms with Crippen LogP contribution in [0.3, 0.4) is 0 Å². The van der Waals surface area contributed by atoms with E-state index < -0.39 is 13.9 Å². The van der Waals surface area contributed by atoms with Gasteiger partial charge in [0.25, 0.3) is 7.82 Å². The lowest BCUT2D eigenvalue weighted by Crippen LogP contribution is -2.37. The van der Waals surface area contributed by atoms with E-state index in [9.17, 15) is 14.3 Å². The van der Waals surface area contributed by atoms with Gasteiger partial charge < -0.3 is 27.9 Å². The summed E-state index contributed by atoms with van der Waals surface area (Å²) in [4.78, 5) is 25.0. The molecule has 0 saturated carbocycles. The second kappa shape index (κ2) is 37.4. The molecule has 2 atom stereocenters. The van der Waals surface area contributed by atoms with Crippen molar-refractivity contribution in [3.05, 3.63) is 48.6 Å². The Kier molecular flexibility index (Phi) is 36.3. The molecule has 9 heteroatoms. The normalized spacial score (nSPS) is 14.3. The fourth-order valence-electron chi connectivity index (χ4n) is 5.54. The molecule has 0 saturated heterocycles. The Morgan fingerprint density at radius 2 is 1.04 bits per heavy atom. The van der Waals surface area contributed by atoms with Crippen molar-refractivity contribution in [2.45, 2.75) is 174 Å². The van der Waals surface area contributed by atoms with Gasteiger partial charge in [-0.3, -0.25) is 9.36 Å². The number of unbranched alkanes of at least 4 members (excludes halogenated alkanes) is 17. The summed E-state index contributed by atoms with van der Waals surface area (Å²) in [5.74, 6) is -0.388. The zero-order valence-corrected chi connectivity index (χ0v) is 35.8. The number of rotatable bonds is 39. The van der Waals surface area contributed by atoms with Gasteiger partial charge in [-0.15, -0.1) is 0 Å². The van der Waals surface area contributed by atoms with Crippen LogP contribution < -0.4 is 4.89 Å². The quantitative estimate of drug-likeness (QED) is 0.0202. The van der Waals surface area contributed by atoms with Crippen molar-refractivity contribution in [2.75, 3.05) is 54.1 Å². The van der Waals surface area contributed by atoms with E-state index in [0.29, 0.717) is 24.1 Å². The largest absolute Gasteiger partial charge is 0.756 e. The zero-order valence-electron chi connectivity index (χ0n) is 35.0. The van der Waals surface area contributed by atoms with Crippen LogP contribution in [0.1, 0.15) is 168 Å². The molecule has 0 heterocycles. The molecule has 0 N–H and O–H groups in total. The monoisotopic (exact) mass is 768 g/mol. The predicted octanol–water partition coefficient (Wildman–Crippen LogP) is 11.7. The fraction of sp³-hybridized carbons (Fsp3) is 0.795. The summed E-state index contributed by atoms with van der Waals surface area (Å²) in [5.41, 5.74) is 0. The molecule has 0 fully saturated rings. The molecule has 0 aliphatic heterocycles. The molecule has 0 aliphatic carbocycles. The topological polar surface area (TPSA) is 94.1 Å². The summed E-state index contributed by atoms with van der Waals surface area (Å²) < 4.78 is 34.5. The zero-order chi connectivity index (χ0) is 39.1. The average molecular weight is 768 g/mol. The van der Waals surface area contributed by atoms with E-state index in [-0.39, 0.29) is 32.2 Å². The third-order valence-electron chi connectivity index (χ3n) is 8.88. The Labute approximate surface area is 327 Å². The number of nitrogens with zero attached hydrogens (tertiary/aromatic N) is 1. The van der Waals surface area contributed by atoms with Gasteiger partial charge >= 0.3 is 5.97 Å². The van der Waals surface area contributed by atoms with E-state index >= 15 is 0 Å². The molecule has 0 aromatic carbocycles. The number of phosphoric ester groups is 1. The molecule has 1 unspecified atom stereocenters. The van der Waals surface area contributed by atoms with Crippen molar-refractivity contribution in [3.8, 4) is 0 Å². The number of phosphoric acid groups is 1. The first kappa shape index (κ1) is 51.5. The number of esters is 1. The van der Waals surface area contributed by atoms with Crippen LogP contribution in [0.25, 0.3) is 0 Å². The molecule has 0 bridgehead atoms. The maximum absolute atomic E-state index is 12.6. The number of carbonyl (C=O) groups is 1. The molecular formula is C44H82NO7P. The van der Waals surface area contributed by atoms with Gasteiger partial charge in [0.05, 0.1) is 34.4 Å². The van der Waals surface area contributed by atoms with Crippen LogP contribution >= 0.6 is 7.82 Å². The summed E-state index contributed by atoms with van der Waals surface area (Å²) in [7, 11) is 1.32. The first-order valence-electron chi connectivity index (χ1n) is 21.4. The minimum absolute atomic E-state index is 0.0157. The molecule has 0 aromatic rings. The lowest BCUT2D eigenvalue weighted by molar-refractivity contribution is -0.870. The maximum Gasteiger partial charge on any atom is 0.306 e. The van der Waals surface area contributed by atoms with Gasteiger partial charge in [-0.2, -0.15) is 0 Å². The highest BCUT2D eigenvalue weighted by atomic mass is 31.2. The first-order chi connectivity index (χ1) is 25.6. The van der Waals surface area contributed by atoms with Crippen LogP contribution in [0.4, 0.5) is 0 Å². The predicted molar refractivity (Wildman–Crippen MR) is 222 cm³/mol. The van der Waals surface area contributed by atoms with Crippen LogP contribution in [0.5, 0.6) is 0 Å². The Morgan fingerprint density at radius 3 is 1.55 bits per heavy atom. The number of hydrogen-bond donors (Lipinski definition) is 0. The van der Waals surface area contributed by atoms with E-state index in [4.69, 9.17) is 18.5 Å². The van der Waals surface area contributed by atoms with E-state index in [1.54, 1.807) is 0 Å². The van der Waals surface area contributed by atoms with Crippen molar-refractivity contribution >= 4 is 13.8 Å². The van der Waals surface area contributed by atoms with Crippen molar-refractivity contribution in [2.24, 2.45) is 0 Å². The van der Waals surface area contributed by atoms with E-state index in [2.05, 4.69) is 62.5 Å². The van der Waals surface area contributed by atoms with Crippen LogP contribution in [0.2, 0.25) is 0 Å². The minimum atomic E-state index is -4.54. The fourth-order valence-corrected chi connectivity index (χ4v) is 6.27. The summed E-state index contributed by atoms with van der Waals surface area (Å²) in [6.07, 6.45) is 44.1. The molecule has 8 nitrogen and oxygen atoms in total. The van der Waals surface area contributed by atoms with Gasteiger partial charge in [-0.25, -0.2) is 0 Å². The van der Waals surface area contributed by atoms with Gasteiger partial charge in [0.15, 0.2) is 0 Å². The number of allylic oxidation sites excluding steroid dienone is 8. The van der Waals surface area contributed by atoms with E-state index in [1.807, 2.05) is 21.1 Å². The number of ether oxygens (including phenoxy) is 2. The van der Waals surface area contributed by atoms with Crippen LogP contribution in [0.15, 0.2) is 48.6 Å². The van der Waals surface area contributed by atoms with E-state index in [1.165, 1.54) is 103 Å². The number of hydrogen-bond acceptors (Lipinski definition) is 7. The molecular weight excluding hydrogens is 685 g/mol. The van der Waals surface area contributed by atoms with Crippen molar-refractivity contribution in [1.82, 2.24) is 0 Å². The Morgan fingerprint density at radius 1 is 0.585 bits per heavy atom. The van der Waals surface area contributed by atoms with Crippen molar-refractivity contribution in [1.29, 1.82) is 0 Å². The van der Waals surface area contributed by atoms with Crippen molar-refractivity contribution in [3.63, 3.8) is 0 Å². The molecule has 0 radical (unpaired) electrons. The van der Waals surface area contributed by atoms with Crippen LogP contribution in [-0.4, -0.2) is 70.7 Å². The molecule has 0 aliphatic rings. The van der Waals surface area contributed by atoms with Gasteiger partial charge in [0, 0.05) is 13.0 Å². The van der Waals surface area contributed by atoms with Gasteiger partial charge in [-0.05, 0) is 51.4 Å². The summed E-state index contributed by atoms with van der Waals surface area (Å²) >= 11 is 0. The van der Waals surface area contributed by atoms with Gasteiger partial charge in [-0.1, -0.05) is 159 Å². The summed E-state index contributed by atoms with van der Waals surface area (Å²) in [6.45, 7) is 5.31. The molecule has 0 aromatic heterocycles. The minimum Gasteiger partial charge on any atom is -0.756 e. The molecule has 53 heavy (non-hydrogen) atoms. The number of carbonyl (C=O) groups excluding carboxylic acids is 1. The van der Waals surface area contributed by atoms with Crippen molar-refractivity contribution < 1.29 is 37.3 Å². The average Bonchev–Trinajstić information content (AvgIpc) is 3.11. The SMILES string of the molecule is CCCCC/C=C\C/C=C\C/C=C\C/C=C\CCCC(=O)O[C@@H](COCCCCCCCCCCCCCCCC)COP(=O)([O-])OCC[N+](C)(C)C. The first-order valence-corrected chi connectivity index (χ1v) is 22.8. The maximum atomic E-state index is 12.6. The standard InChI is InChI=1S/C44H82NO7P/c1-6-8-10-12-14-16-18-20-22-23-24-25-27-29-31-33-35-37-44(46)52-43(42-51-53(47,48)50-40-38-45(3,4)5)41-49-39-36-34-32-30-28-26-21-19-17-15-13-11-9-7-2/h14,16,20,22,24-25,29,31,43H,6-13,15,17-19,21,23,26-28,30,32-42H2,1-5H3/b16-14-,22-20-,25-24-,31-29-/t43-/m0/s1. The third kappa shape index (κ3) is 41.5.